The molecule has 0 aliphatic carbocycles. The Morgan fingerprint density at radius 2 is 2.15 bits per heavy atom. The van der Waals surface area contributed by atoms with Gasteiger partial charge in [0.2, 0.25) is 0 Å². The zero-order valence-electron chi connectivity index (χ0n) is 7.21. The van der Waals surface area contributed by atoms with Gasteiger partial charge in [0.1, 0.15) is 24.1 Å². The molecule has 2 aromatic rings. The molecule has 0 saturated carbocycles. The second-order valence-corrected chi connectivity index (χ2v) is 2.51. The Balaban J connectivity index is 2.51. The van der Waals surface area contributed by atoms with Crippen LogP contribution in [0.3, 0.4) is 0 Å². The van der Waals surface area contributed by atoms with Crippen LogP contribution in [0.25, 0.3) is 5.69 Å². The maximum atomic E-state index is 5.18. The number of para-hydroxylation sites is 2. The summed E-state index contributed by atoms with van der Waals surface area (Å²) < 4.78 is 6.85. The van der Waals surface area contributed by atoms with Gasteiger partial charge in [-0.15, -0.1) is 0 Å². The fourth-order valence-corrected chi connectivity index (χ4v) is 1.15. The van der Waals surface area contributed by atoms with Gasteiger partial charge in [0.15, 0.2) is 0 Å². The maximum absolute atomic E-state index is 5.18. The lowest BCUT2D eigenvalue weighted by molar-refractivity contribution is 0.411. The molecule has 0 spiro atoms. The molecule has 1 aromatic carbocycles. The molecule has 0 fully saturated rings. The van der Waals surface area contributed by atoms with Crippen LogP contribution in [-0.2, 0) is 0 Å². The average molecular weight is 175 g/mol. The molecule has 13 heavy (non-hydrogen) atoms. The molecule has 2 rings (SSSR count). The first-order chi connectivity index (χ1) is 6.42. The van der Waals surface area contributed by atoms with Crippen LogP contribution in [0, 0.1) is 0 Å². The highest BCUT2D eigenvalue weighted by atomic mass is 16.5. The summed E-state index contributed by atoms with van der Waals surface area (Å²) in [5, 5.41) is 4.02. The van der Waals surface area contributed by atoms with E-state index in [1.54, 1.807) is 18.1 Å². The van der Waals surface area contributed by atoms with Gasteiger partial charge in [-0.2, -0.15) is 5.10 Å². The number of ether oxygens (including phenoxy) is 1. The van der Waals surface area contributed by atoms with E-state index in [0.29, 0.717) is 0 Å². The van der Waals surface area contributed by atoms with Gasteiger partial charge in [-0.25, -0.2) is 9.67 Å². The molecule has 0 amide bonds. The van der Waals surface area contributed by atoms with Crippen LogP contribution in [0.5, 0.6) is 5.75 Å². The Hall–Kier alpha value is -1.84. The van der Waals surface area contributed by atoms with E-state index in [4.69, 9.17) is 4.74 Å². The van der Waals surface area contributed by atoms with Crippen molar-refractivity contribution in [2.24, 2.45) is 0 Å². The molecule has 0 aliphatic heterocycles. The fraction of sp³-hybridized carbons (Fsp3) is 0.111. The summed E-state index contributed by atoms with van der Waals surface area (Å²) in [6, 6.07) is 7.66. The van der Waals surface area contributed by atoms with Gasteiger partial charge in [-0.05, 0) is 12.1 Å². The molecule has 0 atom stereocenters. The highest BCUT2D eigenvalue weighted by Gasteiger charge is 2.02. The van der Waals surface area contributed by atoms with E-state index in [-0.39, 0.29) is 0 Å². The van der Waals surface area contributed by atoms with Crippen molar-refractivity contribution in [3.05, 3.63) is 36.9 Å². The molecule has 0 radical (unpaired) electrons. The highest BCUT2D eigenvalue weighted by molar-refractivity contribution is 5.45. The Morgan fingerprint density at radius 3 is 2.85 bits per heavy atom. The zero-order valence-corrected chi connectivity index (χ0v) is 7.21. The maximum Gasteiger partial charge on any atom is 0.144 e. The minimum absolute atomic E-state index is 0.785. The second-order valence-electron chi connectivity index (χ2n) is 2.51. The van der Waals surface area contributed by atoms with Crippen LogP contribution < -0.4 is 4.74 Å². The van der Waals surface area contributed by atoms with E-state index in [1.807, 2.05) is 24.3 Å². The molecule has 0 aliphatic rings. The standard InChI is InChI=1S/C9H9N3O/c1-13-9-5-3-2-4-8(9)12-7-10-6-11-12/h2-7H,1H3. The van der Waals surface area contributed by atoms with Crippen LogP contribution in [-0.4, -0.2) is 21.9 Å². The van der Waals surface area contributed by atoms with Crippen LogP contribution in [0.1, 0.15) is 0 Å². The van der Waals surface area contributed by atoms with E-state index in [0.717, 1.165) is 11.4 Å². The largest absolute Gasteiger partial charge is 0.494 e. The monoisotopic (exact) mass is 175 g/mol. The van der Waals surface area contributed by atoms with Crippen LogP contribution in [0.15, 0.2) is 36.9 Å². The van der Waals surface area contributed by atoms with Crippen molar-refractivity contribution >= 4 is 0 Å². The summed E-state index contributed by atoms with van der Waals surface area (Å²) in [7, 11) is 1.63. The molecule has 66 valence electrons. The summed E-state index contributed by atoms with van der Waals surface area (Å²) in [5.41, 5.74) is 0.891. The van der Waals surface area contributed by atoms with Crippen molar-refractivity contribution in [3.8, 4) is 11.4 Å². The predicted octanol–water partition coefficient (Wildman–Crippen LogP) is 1.28. The molecule has 4 nitrogen and oxygen atoms in total. The average Bonchev–Trinajstić information content (AvgIpc) is 2.70. The first-order valence-corrected chi connectivity index (χ1v) is 3.90. The highest BCUT2D eigenvalue weighted by Crippen LogP contribution is 2.20. The normalized spacial score (nSPS) is 9.92. The van der Waals surface area contributed by atoms with Gasteiger partial charge in [0.05, 0.1) is 7.11 Å². The topological polar surface area (TPSA) is 39.9 Å². The van der Waals surface area contributed by atoms with Crippen molar-refractivity contribution in [2.45, 2.75) is 0 Å². The number of nitrogens with zero attached hydrogens (tertiary/aromatic N) is 3. The second kappa shape index (κ2) is 3.26. The molecule has 1 aromatic heterocycles. The molecule has 0 bridgehead atoms. The number of benzene rings is 1. The van der Waals surface area contributed by atoms with Crippen LogP contribution in [0.2, 0.25) is 0 Å². The molecule has 1 heterocycles. The van der Waals surface area contributed by atoms with Crippen molar-refractivity contribution in [2.75, 3.05) is 7.11 Å². The van der Waals surface area contributed by atoms with Crippen molar-refractivity contribution < 1.29 is 4.74 Å². The Labute approximate surface area is 75.8 Å². The molecule has 0 N–H and O–H groups in total. The lowest BCUT2D eigenvalue weighted by atomic mass is 10.3. The van der Waals surface area contributed by atoms with Crippen molar-refractivity contribution in [3.63, 3.8) is 0 Å². The third-order valence-corrected chi connectivity index (χ3v) is 1.75. The van der Waals surface area contributed by atoms with Crippen molar-refractivity contribution in [1.82, 2.24) is 14.8 Å². The quantitative estimate of drug-likeness (QED) is 0.690. The summed E-state index contributed by atoms with van der Waals surface area (Å²) >= 11 is 0. The van der Waals surface area contributed by atoms with E-state index in [9.17, 15) is 0 Å². The lowest BCUT2D eigenvalue weighted by Crippen LogP contribution is -1.97. The molecule has 4 heteroatoms. The summed E-state index contributed by atoms with van der Waals surface area (Å²) in [4.78, 5) is 3.87. The summed E-state index contributed by atoms with van der Waals surface area (Å²) in [6.07, 6.45) is 3.13. The van der Waals surface area contributed by atoms with E-state index < -0.39 is 0 Å². The third kappa shape index (κ3) is 1.38. The Bertz CT molecular complexity index is 384. The smallest absolute Gasteiger partial charge is 0.144 e. The third-order valence-electron chi connectivity index (χ3n) is 1.75. The molecule has 0 saturated heterocycles. The van der Waals surface area contributed by atoms with Crippen molar-refractivity contribution in [1.29, 1.82) is 0 Å². The number of rotatable bonds is 2. The molecule has 0 unspecified atom stereocenters. The lowest BCUT2D eigenvalue weighted by Gasteiger charge is -2.06. The summed E-state index contributed by atoms with van der Waals surface area (Å²) in [6.45, 7) is 0. The van der Waals surface area contributed by atoms with E-state index >= 15 is 0 Å². The number of hydrogen-bond acceptors (Lipinski definition) is 3. The van der Waals surface area contributed by atoms with Gasteiger partial charge >= 0.3 is 0 Å². The number of methoxy groups -OCH3 is 1. The van der Waals surface area contributed by atoms with E-state index in [1.165, 1.54) is 6.33 Å². The number of aromatic nitrogens is 3. The van der Waals surface area contributed by atoms with Gasteiger partial charge < -0.3 is 4.74 Å². The molecular formula is C9H9N3O. The first kappa shape index (κ1) is 7.79. The molecular weight excluding hydrogens is 166 g/mol. The van der Waals surface area contributed by atoms with Gasteiger partial charge in [-0.3, -0.25) is 0 Å². The van der Waals surface area contributed by atoms with Crippen LogP contribution in [0.4, 0.5) is 0 Å². The Kier molecular flexibility index (Phi) is 1.96. The zero-order chi connectivity index (χ0) is 9.10. The minimum atomic E-state index is 0.785. The van der Waals surface area contributed by atoms with E-state index in [2.05, 4.69) is 10.1 Å². The fourth-order valence-electron chi connectivity index (χ4n) is 1.15. The van der Waals surface area contributed by atoms with Gasteiger partial charge in [0.25, 0.3) is 0 Å². The van der Waals surface area contributed by atoms with Gasteiger partial charge in [-0.1, -0.05) is 12.1 Å². The Morgan fingerprint density at radius 1 is 1.31 bits per heavy atom. The van der Waals surface area contributed by atoms with Crippen LogP contribution >= 0.6 is 0 Å². The van der Waals surface area contributed by atoms with Gasteiger partial charge in [0, 0.05) is 0 Å². The minimum Gasteiger partial charge on any atom is -0.494 e. The predicted molar refractivity (Wildman–Crippen MR) is 47.9 cm³/mol. The number of hydrogen-bond donors (Lipinski definition) is 0. The SMILES string of the molecule is COc1ccccc1-n1cncn1. The summed E-state index contributed by atoms with van der Waals surface area (Å²) in [5.74, 6) is 0.785. The first-order valence-electron chi connectivity index (χ1n) is 3.90.